The number of amides is 4. The van der Waals surface area contributed by atoms with Crippen LogP contribution < -0.4 is 10.6 Å². The zero-order chi connectivity index (χ0) is 19.4. The molecule has 1 aliphatic heterocycles. The Morgan fingerprint density at radius 2 is 2.19 bits per heavy atom. The Morgan fingerprint density at radius 3 is 2.96 bits per heavy atom. The number of nitrogens with one attached hydrogen (secondary N) is 3. The van der Waals surface area contributed by atoms with Crippen LogP contribution in [0.1, 0.15) is 18.4 Å². The van der Waals surface area contributed by atoms with E-state index in [9.17, 15) is 14.4 Å². The monoisotopic (exact) mass is 388 g/mol. The topological polar surface area (TPSA) is 94.3 Å². The van der Waals surface area contributed by atoms with E-state index in [0.29, 0.717) is 18.0 Å². The molecule has 142 valence electrons. The number of nitrogens with zero attached hydrogens (tertiary/aromatic N) is 1. The third-order valence-electron chi connectivity index (χ3n) is 4.54. The Morgan fingerprint density at radius 1 is 1.37 bits per heavy atom. The van der Waals surface area contributed by atoms with E-state index < -0.39 is 12.1 Å². The van der Waals surface area contributed by atoms with Crippen molar-refractivity contribution in [2.24, 2.45) is 0 Å². The molecule has 3 N–H and O–H groups in total. The Labute approximate surface area is 161 Å². The number of carbonyl (C=O) groups is 3. The number of carbonyl (C=O) groups excluding carboxylic acids is 3. The number of halogens is 1. The maximum atomic E-state index is 12.5. The summed E-state index contributed by atoms with van der Waals surface area (Å²) in [6.45, 7) is 4.17. The van der Waals surface area contributed by atoms with E-state index in [0.717, 1.165) is 16.5 Å². The molecule has 1 aliphatic rings. The van der Waals surface area contributed by atoms with Crippen LogP contribution >= 0.6 is 11.6 Å². The first-order valence-corrected chi connectivity index (χ1v) is 9.12. The number of fused-ring (bicyclic) bond motifs is 1. The second-order valence-electron chi connectivity index (χ2n) is 6.38. The van der Waals surface area contributed by atoms with Gasteiger partial charge in [0.2, 0.25) is 5.91 Å². The highest BCUT2D eigenvalue weighted by molar-refractivity contribution is 6.31. The highest BCUT2D eigenvalue weighted by Gasteiger charge is 2.37. The molecule has 1 saturated heterocycles. The Hall–Kier alpha value is -2.80. The number of hydrogen-bond donors (Lipinski definition) is 3. The summed E-state index contributed by atoms with van der Waals surface area (Å²) in [6.07, 6.45) is 4.40. The van der Waals surface area contributed by atoms with Crippen molar-refractivity contribution in [3.05, 3.63) is 47.6 Å². The Bertz CT molecular complexity index is 892. The molecule has 3 rings (SSSR count). The van der Waals surface area contributed by atoms with Crippen molar-refractivity contribution in [1.29, 1.82) is 0 Å². The van der Waals surface area contributed by atoms with Crippen LogP contribution in [0.4, 0.5) is 4.79 Å². The van der Waals surface area contributed by atoms with E-state index >= 15 is 0 Å². The van der Waals surface area contributed by atoms with Gasteiger partial charge in [0.15, 0.2) is 0 Å². The molecule has 0 spiro atoms. The summed E-state index contributed by atoms with van der Waals surface area (Å²) < 4.78 is 0. The molecular formula is C19H21ClN4O3. The summed E-state index contributed by atoms with van der Waals surface area (Å²) >= 11 is 6.05. The van der Waals surface area contributed by atoms with Gasteiger partial charge < -0.3 is 15.6 Å². The highest BCUT2D eigenvalue weighted by atomic mass is 35.5. The van der Waals surface area contributed by atoms with Crippen LogP contribution in [0.3, 0.4) is 0 Å². The zero-order valence-electron chi connectivity index (χ0n) is 14.8. The summed E-state index contributed by atoms with van der Waals surface area (Å²) in [4.78, 5) is 40.6. The highest BCUT2D eigenvalue weighted by Crippen LogP contribution is 2.23. The summed E-state index contributed by atoms with van der Waals surface area (Å²) in [7, 11) is 0. The minimum absolute atomic E-state index is 0.166. The van der Waals surface area contributed by atoms with Gasteiger partial charge in [-0.15, -0.1) is 6.58 Å². The minimum Gasteiger partial charge on any atom is -0.361 e. The first-order chi connectivity index (χ1) is 13.0. The van der Waals surface area contributed by atoms with Gasteiger partial charge in [-0.25, -0.2) is 4.79 Å². The lowest BCUT2D eigenvalue weighted by atomic mass is 10.1. The molecule has 1 fully saturated rings. The molecule has 7 nitrogen and oxygen atoms in total. The number of imide groups is 1. The summed E-state index contributed by atoms with van der Waals surface area (Å²) in [5, 5.41) is 6.91. The van der Waals surface area contributed by atoms with Crippen molar-refractivity contribution >= 4 is 40.3 Å². The Balaban J connectivity index is 1.58. The summed E-state index contributed by atoms with van der Waals surface area (Å²) in [5.41, 5.74) is 1.94. The van der Waals surface area contributed by atoms with E-state index in [1.54, 1.807) is 12.1 Å². The van der Waals surface area contributed by atoms with E-state index in [4.69, 9.17) is 11.6 Å². The average molecular weight is 389 g/mol. The van der Waals surface area contributed by atoms with Crippen molar-refractivity contribution in [1.82, 2.24) is 20.5 Å². The van der Waals surface area contributed by atoms with E-state index in [-0.39, 0.29) is 31.2 Å². The van der Waals surface area contributed by atoms with Crippen LogP contribution in [0, 0.1) is 0 Å². The van der Waals surface area contributed by atoms with Crippen molar-refractivity contribution in [2.45, 2.75) is 25.3 Å². The maximum Gasteiger partial charge on any atom is 0.324 e. The van der Waals surface area contributed by atoms with Gasteiger partial charge in [-0.3, -0.25) is 14.5 Å². The summed E-state index contributed by atoms with van der Waals surface area (Å²) in [6, 6.07) is 4.47. The van der Waals surface area contributed by atoms with Crippen molar-refractivity contribution < 1.29 is 14.4 Å². The van der Waals surface area contributed by atoms with E-state index in [1.165, 1.54) is 4.90 Å². The first kappa shape index (κ1) is 19.0. The molecule has 27 heavy (non-hydrogen) atoms. The van der Waals surface area contributed by atoms with Crippen molar-refractivity contribution in [3.63, 3.8) is 0 Å². The average Bonchev–Trinajstić information content (AvgIpc) is 3.16. The molecule has 2 aromatic rings. The first-order valence-electron chi connectivity index (χ1n) is 8.74. The minimum atomic E-state index is -0.663. The van der Waals surface area contributed by atoms with Gasteiger partial charge >= 0.3 is 6.03 Å². The molecule has 0 saturated carbocycles. The van der Waals surface area contributed by atoms with Gasteiger partial charge in [0, 0.05) is 41.6 Å². The third-order valence-corrected chi connectivity index (χ3v) is 4.78. The van der Waals surface area contributed by atoms with Crippen molar-refractivity contribution in [3.8, 4) is 0 Å². The predicted octanol–water partition coefficient (Wildman–Crippen LogP) is 2.37. The number of urea groups is 1. The maximum absolute atomic E-state index is 12.5. The number of aromatic amines is 1. The fourth-order valence-corrected chi connectivity index (χ4v) is 3.30. The normalized spacial score (nSPS) is 16.6. The van der Waals surface area contributed by atoms with Gasteiger partial charge in [-0.2, -0.15) is 0 Å². The number of hydrogen-bond acceptors (Lipinski definition) is 3. The second-order valence-corrected chi connectivity index (χ2v) is 6.81. The smallest absolute Gasteiger partial charge is 0.324 e. The van der Waals surface area contributed by atoms with Crippen LogP contribution in [0.15, 0.2) is 37.1 Å². The molecule has 0 bridgehead atoms. The van der Waals surface area contributed by atoms with Gasteiger partial charge in [-0.1, -0.05) is 17.7 Å². The standard InChI is InChI=1S/C19H21ClN4O3/c1-2-8-21-17(25)6-5-16-18(26)24(19(27)23-16)9-7-12-11-22-15-4-3-13(20)10-14(12)15/h2-4,10-11,16,22H,1,5-9H2,(H,21,25)(H,23,27). The Kier molecular flexibility index (Phi) is 5.81. The zero-order valence-corrected chi connectivity index (χ0v) is 15.5. The number of rotatable bonds is 8. The SMILES string of the molecule is C=CCNC(=O)CCC1NC(=O)N(CCc2c[nH]c3ccc(Cl)cc23)C1=O. The van der Waals surface area contributed by atoms with Gasteiger partial charge in [0.1, 0.15) is 6.04 Å². The van der Waals surface area contributed by atoms with Crippen LogP contribution in [0.5, 0.6) is 0 Å². The molecule has 1 unspecified atom stereocenters. The molecule has 0 aliphatic carbocycles. The number of benzene rings is 1. The molecular weight excluding hydrogens is 368 g/mol. The number of aromatic nitrogens is 1. The van der Waals surface area contributed by atoms with Crippen molar-refractivity contribution in [2.75, 3.05) is 13.1 Å². The van der Waals surface area contributed by atoms with Crippen LogP contribution in [-0.4, -0.2) is 46.9 Å². The quantitative estimate of drug-likeness (QED) is 0.478. The van der Waals surface area contributed by atoms with Crippen LogP contribution in [-0.2, 0) is 16.0 Å². The van der Waals surface area contributed by atoms with Gasteiger partial charge in [-0.05, 0) is 36.6 Å². The fraction of sp³-hybridized carbons (Fsp3) is 0.316. The van der Waals surface area contributed by atoms with Gasteiger partial charge in [0.25, 0.3) is 5.91 Å². The summed E-state index contributed by atoms with van der Waals surface area (Å²) in [5.74, 6) is -0.472. The molecule has 1 aromatic carbocycles. The molecule has 2 heterocycles. The van der Waals surface area contributed by atoms with Crippen LogP contribution in [0.25, 0.3) is 10.9 Å². The second kappa shape index (κ2) is 8.26. The van der Waals surface area contributed by atoms with Gasteiger partial charge in [0.05, 0.1) is 0 Å². The predicted molar refractivity (Wildman–Crippen MR) is 103 cm³/mol. The molecule has 4 amide bonds. The largest absolute Gasteiger partial charge is 0.361 e. The van der Waals surface area contributed by atoms with E-state index in [1.807, 2.05) is 18.3 Å². The van der Waals surface area contributed by atoms with Crippen LogP contribution in [0.2, 0.25) is 5.02 Å². The molecule has 1 aromatic heterocycles. The lowest BCUT2D eigenvalue weighted by molar-refractivity contribution is -0.127. The van der Waals surface area contributed by atoms with E-state index in [2.05, 4.69) is 22.2 Å². The lowest BCUT2D eigenvalue weighted by Gasteiger charge is -2.12. The third kappa shape index (κ3) is 4.31. The number of H-pyrrole nitrogens is 1. The molecule has 1 atom stereocenters. The lowest BCUT2D eigenvalue weighted by Crippen LogP contribution is -2.34. The fourth-order valence-electron chi connectivity index (χ4n) is 3.12. The molecule has 0 radical (unpaired) electrons. The molecule has 8 heteroatoms.